The maximum Gasteiger partial charge on any atom is 0.352 e. The van der Waals surface area contributed by atoms with Crippen LogP contribution < -0.4 is 5.32 Å². The Balaban J connectivity index is 3.28. The minimum Gasteiger partial charge on any atom is -0.478 e. The molecule has 0 aliphatic carbocycles. The number of hydrogen-bond acceptors (Lipinski definition) is 4. The number of aliphatic carboxylic acids is 2. The van der Waals surface area contributed by atoms with Crippen LogP contribution in [0.25, 0.3) is 0 Å². The first kappa shape index (κ1) is 14.0. The van der Waals surface area contributed by atoms with Crippen LogP contribution in [-0.4, -0.2) is 33.8 Å². The molecule has 0 atom stereocenters. The quantitative estimate of drug-likeness (QED) is 0.578. The lowest BCUT2D eigenvalue weighted by molar-refractivity contribution is -0.177. The van der Waals surface area contributed by atoms with Crippen LogP contribution in [0.5, 0.6) is 0 Å². The van der Waals surface area contributed by atoms with Gasteiger partial charge in [-0.25, -0.2) is 9.59 Å². The van der Waals surface area contributed by atoms with Gasteiger partial charge >= 0.3 is 11.9 Å². The van der Waals surface area contributed by atoms with Crippen LogP contribution in [0.15, 0.2) is 18.2 Å². The normalized spacial score (nSPS) is 11.1. The van der Waals surface area contributed by atoms with Crippen molar-refractivity contribution in [3.63, 3.8) is 0 Å². The minimum absolute atomic E-state index is 0.179. The summed E-state index contributed by atoms with van der Waals surface area (Å²) >= 11 is 0. The van der Waals surface area contributed by atoms with Gasteiger partial charge in [0.25, 0.3) is 5.60 Å². The fourth-order valence-corrected chi connectivity index (χ4v) is 1.62. The van der Waals surface area contributed by atoms with E-state index in [1.54, 1.807) is 13.0 Å². The number of rotatable bonds is 5. The largest absolute Gasteiger partial charge is 0.478 e. The molecule has 1 aromatic rings. The number of anilines is 1. The number of carboxylic acid groups (broad SMARTS) is 2. The van der Waals surface area contributed by atoms with Gasteiger partial charge in [-0.05, 0) is 31.5 Å². The summed E-state index contributed by atoms with van der Waals surface area (Å²) in [7, 11) is 0. The molecule has 0 radical (unpaired) electrons. The molecule has 0 amide bonds. The maximum absolute atomic E-state index is 10.9. The second-order valence-electron chi connectivity index (χ2n) is 3.88. The summed E-state index contributed by atoms with van der Waals surface area (Å²) in [6.07, 6.45) is 0. The molecule has 0 unspecified atom stereocenters. The number of carboxylic acids is 2. The van der Waals surface area contributed by atoms with Crippen molar-refractivity contribution in [1.82, 2.24) is 0 Å². The maximum atomic E-state index is 10.9. The van der Waals surface area contributed by atoms with Gasteiger partial charge in [0.05, 0.1) is 0 Å². The third-order valence-electron chi connectivity index (χ3n) is 2.63. The van der Waals surface area contributed by atoms with Crippen LogP contribution in [-0.2, 0) is 15.2 Å². The number of aliphatic hydroxyl groups is 1. The summed E-state index contributed by atoms with van der Waals surface area (Å²) in [5, 5.41) is 30.5. The third-order valence-corrected chi connectivity index (χ3v) is 2.63. The fourth-order valence-electron chi connectivity index (χ4n) is 1.62. The van der Waals surface area contributed by atoms with Crippen LogP contribution in [0.4, 0.5) is 5.69 Å². The molecule has 0 bridgehead atoms. The molecule has 1 rings (SSSR count). The Hall–Kier alpha value is -2.08. The average Bonchev–Trinajstić information content (AvgIpc) is 2.30. The zero-order valence-electron chi connectivity index (χ0n) is 10.1. The Morgan fingerprint density at radius 1 is 1.28 bits per heavy atom. The Morgan fingerprint density at radius 2 is 1.83 bits per heavy atom. The fraction of sp³-hybridized carbons (Fsp3) is 0.333. The van der Waals surface area contributed by atoms with E-state index in [1.165, 1.54) is 12.1 Å². The van der Waals surface area contributed by atoms with Gasteiger partial charge in [0.15, 0.2) is 0 Å². The second-order valence-corrected chi connectivity index (χ2v) is 3.88. The van der Waals surface area contributed by atoms with Crippen molar-refractivity contribution < 1.29 is 24.9 Å². The van der Waals surface area contributed by atoms with Crippen molar-refractivity contribution in [2.45, 2.75) is 19.4 Å². The van der Waals surface area contributed by atoms with Crippen molar-refractivity contribution in [3.05, 3.63) is 29.3 Å². The molecule has 98 valence electrons. The third kappa shape index (κ3) is 2.28. The predicted molar refractivity (Wildman–Crippen MR) is 64.5 cm³/mol. The highest BCUT2D eigenvalue weighted by atomic mass is 16.4. The molecule has 0 aromatic heterocycles. The molecule has 6 heteroatoms. The van der Waals surface area contributed by atoms with E-state index in [0.717, 1.165) is 5.69 Å². The molecule has 0 aliphatic heterocycles. The Morgan fingerprint density at radius 3 is 2.22 bits per heavy atom. The van der Waals surface area contributed by atoms with E-state index in [2.05, 4.69) is 5.32 Å². The molecule has 6 nitrogen and oxygen atoms in total. The molecule has 18 heavy (non-hydrogen) atoms. The highest BCUT2D eigenvalue weighted by Gasteiger charge is 2.46. The van der Waals surface area contributed by atoms with Gasteiger partial charge in [0, 0.05) is 17.8 Å². The molecule has 0 heterocycles. The summed E-state index contributed by atoms with van der Waals surface area (Å²) in [5.74, 6) is -3.63. The first-order chi connectivity index (χ1) is 8.33. The summed E-state index contributed by atoms with van der Waals surface area (Å²) in [5.41, 5.74) is -1.67. The topological polar surface area (TPSA) is 107 Å². The first-order valence-corrected chi connectivity index (χ1v) is 5.38. The molecule has 0 fully saturated rings. The van der Waals surface area contributed by atoms with Crippen LogP contribution in [0, 0.1) is 6.92 Å². The molecule has 0 spiro atoms. The molecule has 0 saturated carbocycles. The molecule has 1 aromatic carbocycles. The number of nitrogens with one attached hydrogen (secondary N) is 1. The molecule has 0 aliphatic rings. The highest BCUT2D eigenvalue weighted by Crippen LogP contribution is 2.26. The molecule has 4 N–H and O–H groups in total. The van der Waals surface area contributed by atoms with Gasteiger partial charge in [-0.1, -0.05) is 6.07 Å². The lowest BCUT2D eigenvalue weighted by atomic mass is 9.92. The standard InChI is InChI=1S/C12H15NO5/c1-3-13-9-5-4-8(6-7(9)2)12(18,10(14)15)11(16)17/h4-6,13,18H,3H2,1-2H3,(H,14,15)(H,16,17). The number of carbonyl (C=O) groups is 2. The van der Waals surface area contributed by atoms with Gasteiger partial charge in [0.2, 0.25) is 0 Å². The lowest BCUT2D eigenvalue weighted by Gasteiger charge is -2.20. The van der Waals surface area contributed by atoms with Crippen molar-refractivity contribution >= 4 is 17.6 Å². The molecular weight excluding hydrogens is 238 g/mol. The van der Waals surface area contributed by atoms with Crippen molar-refractivity contribution in [2.24, 2.45) is 0 Å². The van der Waals surface area contributed by atoms with E-state index in [1.807, 2.05) is 6.92 Å². The highest BCUT2D eigenvalue weighted by molar-refractivity contribution is 6.02. The van der Waals surface area contributed by atoms with Crippen molar-refractivity contribution in [1.29, 1.82) is 0 Å². The number of benzene rings is 1. The first-order valence-electron chi connectivity index (χ1n) is 5.38. The number of hydrogen-bond donors (Lipinski definition) is 4. The lowest BCUT2D eigenvalue weighted by Crippen LogP contribution is -2.43. The van der Waals surface area contributed by atoms with Crippen LogP contribution in [0.1, 0.15) is 18.1 Å². The summed E-state index contributed by atoms with van der Waals surface area (Å²) < 4.78 is 0. The van der Waals surface area contributed by atoms with Gasteiger partial charge in [-0.3, -0.25) is 0 Å². The smallest absolute Gasteiger partial charge is 0.352 e. The van der Waals surface area contributed by atoms with Crippen molar-refractivity contribution in [3.8, 4) is 0 Å². The van der Waals surface area contributed by atoms with E-state index in [0.29, 0.717) is 12.1 Å². The van der Waals surface area contributed by atoms with Crippen LogP contribution >= 0.6 is 0 Å². The second kappa shape index (κ2) is 5.05. The van der Waals surface area contributed by atoms with E-state index < -0.39 is 17.5 Å². The Kier molecular flexibility index (Phi) is 3.93. The Bertz CT molecular complexity index is 469. The number of aryl methyl sites for hydroxylation is 1. The van der Waals surface area contributed by atoms with E-state index in [4.69, 9.17) is 10.2 Å². The summed E-state index contributed by atoms with van der Waals surface area (Å²) in [6.45, 7) is 4.28. The minimum atomic E-state index is -2.92. The molecular formula is C12H15NO5. The van der Waals surface area contributed by atoms with Gasteiger partial charge in [-0.2, -0.15) is 0 Å². The van der Waals surface area contributed by atoms with Crippen molar-refractivity contribution in [2.75, 3.05) is 11.9 Å². The summed E-state index contributed by atoms with van der Waals surface area (Å²) in [4.78, 5) is 21.9. The van der Waals surface area contributed by atoms with Crippen LogP contribution in [0.3, 0.4) is 0 Å². The Labute approximate surface area is 104 Å². The van der Waals surface area contributed by atoms with Gasteiger partial charge in [0.1, 0.15) is 0 Å². The van der Waals surface area contributed by atoms with Crippen LogP contribution in [0.2, 0.25) is 0 Å². The zero-order chi connectivity index (χ0) is 13.9. The molecule has 0 saturated heterocycles. The van der Waals surface area contributed by atoms with Gasteiger partial charge < -0.3 is 20.6 Å². The zero-order valence-corrected chi connectivity index (χ0v) is 10.1. The van der Waals surface area contributed by atoms with E-state index in [9.17, 15) is 14.7 Å². The van der Waals surface area contributed by atoms with E-state index >= 15 is 0 Å². The monoisotopic (exact) mass is 253 g/mol. The summed E-state index contributed by atoms with van der Waals surface area (Å²) in [6, 6.07) is 4.18. The van der Waals surface area contributed by atoms with Gasteiger partial charge in [-0.15, -0.1) is 0 Å². The predicted octanol–water partition coefficient (Wildman–Crippen LogP) is 0.784. The SMILES string of the molecule is CCNc1ccc(C(O)(C(=O)O)C(=O)O)cc1C. The van der Waals surface area contributed by atoms with E-state index in [-0.39, 0.29) is 5.56 Å². The average molecular weight is 253 g/mol.